The lowest BCUT2D eigenvalue weighted by Crippen LogP contribution is -2.52. The maximum absolute atomic E-state index is 12.6. The van der Waals surface area contributed by atoms with Gasteiger partial charge in [-0.05, 0) is 50.0 Å². The van der Waals surface area contributed by atoms with E-state index in [0.717, 1.165) is 44.6 Å². The molecule has 110 valence electrons. The van der Waals surface area contributed by atoms with Crippen molar-refractivity contribution in [2.75, 3.05) is 25.4 Å². The highest BCUT2D eigenvalue weighted by atomic mass is 19.4. The normalized spacial score (nSPS) is 29.4. The van der Waals surface area contributed by atoms with Crippen LogP contribution >= 0.6 is 0 Å². The van der Waals surface area contributed by atoms with Crippen molar-refractivity contribution >= 4 is 5.69 Å². The minimum absolute atomic E-state index is 0.0385. The van der Waals surface area contributed by atoms with Crippen LogP contribution in [0.1, 0.15) is 18.4 Å². The second-order valence-electron chi connectivity index (χ2n) is 5.54. The number of halogens is 3. The molecule has 0 saturated carbocycles. The van der Waals surface area contributed by atoms with E-state index in [-0.39, 0.29) is 11.8 Å². The molecule has 3 nitrogen and oxygen atoms in total. The van der Waals surface area contributed by atoms with Crippen LogP contribution in [0.5, 0.6) is 5.75 Å². The van der Waals surface area contributed by atoms with Gasteiger partial charge in [-0.15, -0.1) is 0 Å². The number of anilines is 1. The predicted octanol–water partition coefficient (Wildman–Crippen LogP) is 2.76. The van der Waals surface area contributed by atoms with Gasteiger partial charge < -0.3 is 10.5 Å². The van der Waals surface area contributed by atoms with Gasteiger partial charge in [0.15, 0.2) is 0 Å². The Labute approximate surface area is 115 Å². The molecule has 2 N–H and O–H groups in total. The van der Waals surface area contributed by atoms with E-state index >= 15 is 0 Å². The SMILES string of the molecule is Nc1cc(C(F)(F)F)ccc1OC1CN2CCC1CC2. The number of fused-ring (bicyclic) bond motifs is 3. The van der Waals surface area contributed by atoms with Crippen LogP contribution in [0.4, 0.5) is 18.9 Å². The zero-order valence-corrected chi connectivity index (χ0v) is 11.0. The third kappa shape index (κ3) is 2.57. The van der Waals surface area contributed by atoms with Gasteiger partial charge in [0, 0.05) is 6.54 Å². The molecule has 1 aromatic carbocycles. The van der Waals surface area contributed by atoms with E-state index in [1.165, 1.54) is 6.07 Å². The van der Waals surface area contributed by atoms with Gasteiger partial charge in [-0.3, -0.25) is 4.90 Å². The lowest BCUT2D eigenvalue weighted by molar-refractivity contribution is -0.137. The zero-order chi connectivity index (χ0) is 14.3. The fourth-order valence-corrected chi connectivity index (χ4v) is 3.04. The summed E-state index contributed by atoms with van der Waals surface area (Å²) in [6, 6.07) is 3.29. The van der Waals surface area contributed by atoms with Crippen molar-refractivity contribution in [2.45, 2.75) is 25.1 Å². The Morgan fingerprint density at radius 3 is 2.40 bits per heavy atom. The van der Waals surface area contributed by atoms with E-state index in [1.807, 2.05) is 0 Å². The monoisotopic (exact) mass is 286 g/mol. The zero-order valence-electron chi connectivity index (χ0n) is 11.0. The van der Waals surface area contributed by atoms with Crippen LogP contribution in [0.3, 0.4) is 0 Å². The summed E-state index contributed by atoms with van der Waals surface area (Å²) in [5, 5.41) is 0. The molecule has 3 fully saturated rings. The summed E-state index contributed by atoms with van der Waals surface area (Å²) in [4.78, 5) is 2.32. The summed E-state index contributed by atoms with van der Waals surface area (Å²) < 4.78 is 43.6. The van der Waals surface area contributed by atoms with Gasteiger partial charge in [-0.1, -0.05) is 0 Å². The average Bonchev–Trinajstić information content (AvgIpc) is 2.41. The molecule has 1 aromatic rings. The molecule has 4 rings (SSSR count). The summed E-state index contributed by atoms with van der Waals surface area (Å²) in [5.41, 5.74) is 5.01. The van der Waals surface area contributed by atoms with Gasteiger partial charge in [0.05, 0.1) is 11.3 Å². The third-order valence-electron chi connectivity index (χ3n) is 4.21. The molecule has 1 unspecified atom stereocenters. The summed E-state index contributed by atoms with van der Waals surface area (Å²) in [6.07, 6.45) is -2.16. The molecule has 3 aliphatic heterocycles. The number of hydrogen-bond donors (Lipinski definition) is 1. The van der Waals surface area contributed by atoms with Crippen LogP contribution in [0.15, 0.2) is 18.2 Å². The number of ether oxygens (including phenoxy) is 1. The smallest absolute Gasteiger partial charge is 0.416 e. The van der Waals surface area contributed by atoms with Crippen LogP contribution in [-0.4, -0.2) is 30.6 Å². The van der Waals surface area contributed by atoms with Gasteiger partial charge in [-0.25, -0.2) is 0 Å². The summed E-state index contributed by atoms with van der Waals surface area (Å²) in [5.74, 6) is 0.846. The Morgan fingerprint density at radius 2 is 1.90 bits per heavy atom. The van der Waals surface area contributed by atoms with Crippen molar-refractivity contribution in [2.24, 2.45) is 5.92 Å². The van der Waals surface area contributed by atoms with E-state index in [0.29, 0.717) is 11.7 Å². The molecule has 0 spiro atoms. The number of benzene rings is 1. The third-order valence-corrected chi connectivity index (χ3v) is 4.21. The highest BCUT2D eigenvalue weighted by molar-refractivity contribution is 5.55. The Bertz CT molecular complexity index is 496. The highest BCUT2D eigenvalue weighted by Crippen LogP contribution is 2.36. The van der Waals surface area contributed by atoms with Gasteiger partial charge in [0.1, 0.15) is 11.9 Å². The lowest BCUT2D eigenvalue weighted by Gasteiger charge is -2.44. The Morgan fingerprint density at radius 1 is 1.20 bits per heavy atom. The second-order valence-corrected chi connectivity index (χ2v) is 5.54. The fourth-order valence-electron chi connectivity index (χ4n) is 3.04. The molecule has 3 aliphatic rings. The van der Waals surface area contributed by atoms with Crippen molar-refractivity contribution < 1.29 is 17.9 Å². The number of nitrogen functional groups attached to an aromatic ring is 1. The minimum atomic E-state index is -4.37. The molecule has 0 aliphatic carbocycles. The lowest BCUT2D eigenvalue weighted by atomic mass is 9.86. The number of hydrogen-bond acceptors (Lipinski definition) is 3. The first-order chi connectivity index (χ1) is 9.43. The number of nitrogens with two attached hydrogens (primary N) is 1. The molecule has 0 aromatic heterocycles. The van der Waals surface area contributed by atoms with E-state index in [4.69, 9.17) is 10.5 Å². The van der Waals surface area contributed by atoms with Crippen LogP contribution in [-0.2, 0) is 6.18 Å². The first kappa shape index (κ1) is 13.5. The number of piperidine rings is 3. The topological polar surface area (TPSA) is 38.5 Å². The van der Waals surface area contributed by atoms with Crippen molar-refractivity contribution in [3.63, 3.8) is 0 Å². The van der Waals surface area contributed by atoms with Gasteiger partial charge in [0.2, 0.25) is 0 Å². The van der Waals surface area contributed by atoms with E-state index in [2.05, 4.69) is 4.90 Å². The van der Waals surface area contributed by atoms with Crippen LogP contribution in [0, 0.1) is 5.92 Å². The quantitative estimate of drug-likeness (QED) is 0.850. The summed E-state index contributed by atoms with van der Waals surface area (Å²) in [7, 11) is 0. The Kier molecular flexibility index (Phi) is 3.28. The molecule has 3 saturated heterocycles. The molecular formula is C14H17F3N2O. The molecule has 3 heterocycles. The predicted molar refractivity (Wildman–Crippen MR) is 69.4 cm³/mol. The van der Waals surface area contributed by atoms with Gasteiger partial charge in [0.25, 0.3) is 0 Å². The van der Waals surface area contributed by atoms with Crippen LogP contribution in [0.2, 0.25) is 0 Å². The summed E-state index contributed by atoms with van der Waals surface area (Å²) >= 11 is 0. The number of rotatable bonds is 2. The molecule has 2 bridgehead atoms. The molecule has 6 heteroatoms. The van der Waals surface area contributed by atoms with Crippen molar-refractivity contribution in [3.8, 4) is 5.75 Å². The molecule has 0 radical (unpaired) electrons. The van der Waals surface area contributed by atoms with E-state index < -0.39 is 11.7 Å². The fraction of sp³-hybridized carbons (Fsp3) is 0.571. The van der Waals surface area contributed by atoms with Crippen molar-refractivity contribution in [1.82, 2.24) is 4.90 Å². The molecule has 1 atom stereocenters. The molecule has 0 amide bonds. The average molecular weight is 286 g/mol. The number of alkyl halides is 3. The van der Waals surface area contributed by atoms with Crippen molar-refractivity contribution in [1.29, 1.82) is 0 Å². The number of nitrogens with zero attached hydrogens (tertiary/aromatic N) is 1. The van der Waals surface area contributed by atoms with Crippen LogP contribution < -0.4 is 10.5 Å². The maximum atomic E-state index is 12.6. The van der Waals surface area contributed by atoms with Crippen LogP contribution in [0.25, 0.3) is 0 Å². The van der Waals surface area contributed by atoms with Gasteiger partial charge >= 0.3 is 6.18 Å². The van der Waals surface area contributed by atoms with E-state index in [9.17, 15) is 13.2 Å². The highest BCUT2D eigenvalue weighted by Gasteiger charge is 2.36. The van der Waals surface area contributed by atoms with Crippen molar-refractivity contribution in [3.05, 3.63) is 23.8 Å². The minimum Gasteiger partial charge on any atom is -0.487 e. The first-order valence-corrected chi connectivity index (χ1v) is 6.79. The standard InChI is InChI=1S/C14H17F3N2O/c15-14(16,17)10-1-2-12(11(18)7-10)20-13-8-19-5-3-9(13)4-6-19/h1-2,7,9,13H,3-6,8,18H2. The van der Waals surface area contributed by atoms with E-state index in [1.54, 1.807) is 0 Å². The first-order valence-electron chi connectivity index (χ1n) is 6.79. The largest absolute Gasteiger partial charge is 0.487 e. The molecule has 20 heavy (non-hydrogen) atoms. The molecular weight excluding hydrogens is 269 g/mol. The van der Waals surface area contributed by atoms with Gasteiger partial charge in [-0.2, -0.15) is 13.2 Å². The second kappa shape index (κ2) is 4.84. The Hall–Kier alpha value is -1.43. The Balaban J connectivity index is 1.75. The summed E-state index contributed by atoms with van der Waals surface area (Å²) in [6.45, 7) is 3.02. The maximum Gasteiger partial charge on any atom is 0.416 e.